The molecule has 1 N–H and O–H groups in total. The Hall–Kier alpha value is -3.94. The van der Waals surface area contributed by atoms with Gasteiger partial charge in [0.1, 0.15) is 11.8 Å². The first-order valence-electron chi connectivity index (χ1n) is 10.7. The summed E-state index contributed by atoms with van der Waals surface area (Å²) in [5.74, 6) is 1.57. The molecule has 1 aliphatic heterocycles. The molecule has 2 aromatic heterocycles. The van der Waals surface area contributed by atoms with Crippen molar-refractivity contribution in [2.45, 2.75) is 25.3 Å². The van der Waals surface area contributed by atoms with E-state index in [1.54, 1.807) is 17.4 Å². The summed E-state index contributed by atoms with van der Waals surface area (Å²) in [6.45, 7) is 0.634. The van der Waals surface area contributed by atoms with E-state index in [-0.39, 0.29) is 18.6 Å². The average Bonchev–Trinajstić information content (AvgIpc) is 3.56. The topological polar surface area (TPSA) is 97.1 Å². The summed E-state index contributed by atoms with van der Waals surface area (Å²) < 4.78 is 11.2. The number of hydrogen-bond donors (Lipinski definition) is 1. The molecule has 1 unspecified atom stereocenters. The first kappa shape index (κ1) is 20.0. The quantitative estimate of drug-likeness (QED) is 0.492. The van der Waals surface area contributed by atoms with Crippen molar-refractivity contribution in [2.24, 2.45) is 0 Å². The van der Waals surface area contributed by atoms with E-state index in [9.17, 15) is 4.79 Å². The van der Waals surface area contributed by atoms with E-state index < -0.39 is 0 Å². The van der Waals surface area contributed by atoms with Crippen molar-refractivity contribution in [1.82, 2.24) is 25.0 Å². The van der Waals surface area contributed by atoms with Crippen LogP contribution in [0, 0.1) is 0 Å². The largest absolute Gasteiger partial charge is 0.484 e. The number of likely N-dealkylation sites (tertiary alicyclic amines) is 1. The highest BCUT2D eigenvalue weighted by atomic mass is 16.5. The van der Waals surface area contributed by atoms with Crippen molar-refractivity contribution in [1.29, 1.82) is 0 Å². The normalized spacial score (nSPS) is 16.1. The fraction of sp³-hybridized carbons (Fsp3) is 0.250. The summed E-state index contributed by atoms with van der Waals surface area (Å²) in [4.78, 5) is 26.4. The van der Waals surface area contributed by atoms with Gasteiger partial charge in [-0.3, -0.25) is 4.79 Å². The molecule has 0 saturated carbocycles. The Balaban J connectivity index is 1.29. The van der Waals surface area contributed by atoms with E-state index in [0.29, 0.717) is 24.0 Å². The van der Waals surface area contributed by atoms with Crippen molar-refractivity contribution in [2.75, 3.05) is 13.2 Å². The van der Waals surface area contributed by atoms with Crippen LogP contribution in [0.4, 0.5) is 0 Å². The minimum absolute atomic E-state index is 0.0173. The number of piperidine rings is 1. The van der Waals surface area contributed by atoms with Gasteiger partial charge in [-0.15, -0.1) is 0 Å². The molecule has 3 heterocycles. The zero-order valence-corrected chi connectivity index (χ0v) is 17.5. The molecule has 1 amide bonds. The van der Waals surface area contributed by atoms with Gasteiger partial charge < -0.3 is 19.1 Å². The fourth-order valence-electron chi connectivity index (χ4n) is 3.93. The second-order valence-electron chi connectivity index (χ2n) is 7.70. The van der Waals surface area contributed by atoms with Gasteiger partial charge in [0.05, 0.1) is 18.2 Å². The number of carbonyl (C=O) groups is 1. The lowest BCUT2D eigenvalue weighted by Gasteiger charge is -2.33. The molecule has 4 aromatic rings. The second kappa shape index (κ2) is 9.05. The van der Waals surface area contributed by atoms with Gasteiger partial charge in [0.2, 0.25) is 11.7 Å². The Kier molecular flexibility index (Phi) is 5.65. The number of aromatic nitrogens is 4. The van der Waals surface area contributed by atoms with Crippen LogP contribution in [0.1, 0.15) is 31.2 Å². The highest BCUT2D eigenvalue weighted by Gasteiger charge is 2.32. The fourth-order valence-corrected chi connectivity index (χ4v) is 3.93. The van der Waals surface area contributed by atoms with Crippen molar-refractivity contribution < 1.29 is 14.1 Å². The Morgan fingerprint density at radius 2 is 1.91 bits per heavy atom. The molecule has 1 saturated heterocycles. The number of hydrogen-bond acceptors (Lipinski definition) is 6. The Bertz CT molecular complexity index is 1160. The third kappa shape index (κ3) is 4.25. The van der Waals surface area contributed by atoms with Crippen LogP contribution in [-0.4, -0.2) is 44.1 Å². The number of carbonyl (C=O) groups excluding carboxylic acids is 1. The number of benzene rings is 2. The van der Waals surface area contributed by atoms with Gasteiger partial charge in [0.25, 0.3) is 5.91 Å². The lowest BCUT2D eigenvalue weighted by atomic mass is 10.0. The Labute approximate surface area is 185 Å². The summed E-state index contributed by atoms with van der Waals surface area (Å²) in [5, 5.41) is 4.17. The number of aromatic amines is 1. The third-order valence-electron chi connectivity index (χ3n) is 5.61. The van der Waals surface area contributed by atoms with E-state index >= 15 is 0 Å². The molecule has 0 bridgehead atoms. The van der Waals surface area contributed by atoms with E-state index in [4.69, 9.17) is 9.26 Å². The van der Waals surface area contributed by atoms with Gasteiger partial charge in [-0.2, -0.15) is 4.98 Å². The lowest BCUT2D eigenvalue weighted by molar-refractivity contribution is -0.138. The van der Waals surface area contributed by atoms with Crippen LogP contribution in [-0.2, 0) is 4.79 Å². The third-order valence-corrected chi connectivity index (χ3v) is 5.61. The van der Waals surface area contributed by atoms with Crippen molar-refractivity contribution in [3.8, 4) is 28.4 Å². The minimum Gasteiger partial charge on any atom is -0.484 e. The van der Waals surface area contributed by atoms with E-state index in [1.807, 2.05) is 54.6 Å². The van der Waals surface area contributed by atoms with Crippen molar-refractivity contribution in [3.63, 3.8) is 0 Å². The van der Waals surface area contributed by atoms with Gasteiger partial charge in [-0.25, -0.2) is 4.98 Å². The van der Waals surface area contributed by atoms with E-state index in [0.717, 1.165) is 36.1 Å². The molecule has 0 spiro atoms. The number of H-pyrrole nitrogens is 1. The first-order valence-corrected chi connectivity index (χ1v) is 10.7. The van der Waals surface area contributed by atoms with Gasteiger partial charge in [-0.05, 0) is 37.0 Å². The number of amides is 1. The number of rotatable bonds is 6. The predicted octanol–water partition coefficient (Wildman–Crippen LogP) is 4.26. The molecule has 1 aliphatic rings. The van der Waals surface area contributed by atoms with Crippen molar-refractivity contribution >= 4 is 5.91 Å². The molecule has 1 fully saturated rings. The van der Waals surface area contributed by atoms with Gasteiger partial charge in [0.15, 0.2) is 6.61 Å². The van der Waals surface area contributed by atoms with E-state index in [1.165, 1.54) is 0 Å². The molecular weight excluding hydrogens is 406 g/mol. The number of imidazole rings is 1. The Morgan fingerprint density at radius 3 is 2.69 bits per heavy atom. The number of nitrogens with zero attached hydrogens (tertiary/aromatic N) is 4. The number of ether oxygens (including phenoxy) is 1. The summed E-state index contributed by atoms with van der Waals surface area (Å²) in [6, 6.07) is 17.0. The molecular formula is C24H23N5O3. The standard InChI is InChI=1S/C24H23N5O3/c30-22(15-31-19-6-2-1-3-7-19)29-13-5-4-8-21(29)24-27-23(28-32-24)18-11-9-17(10-12-18)20-14-25-16-26-20/h1-3,6-7,9-12,14,16,21H,4-5,8,13,15H2,(H,25,26). The van der Waals surface area contributed by atoms with Crippen LogP contribution in [0.2, 0.25) is 0 Å². The van der Waals surface area contributed by atoms with Crippen LogP contribution in [0.25, 0.3) is 22.6 Å². The minimum atomic E-state index is -0.235. The molecule has 162 valence electrons. The monoisotopic (exact) mass is 429 g/mol. The maximum Gasteiger partial charge on any atom is 0.261 e. The second-order valence-corrected chi connectivity index (χ2v) is 7.70. The number of nitrogens with one attached hydrogen (secondary N) is 1. The summed E-state index contributed by atoms with van der Waals surface area (Å²) >= 11 is 0. The maximum atomic E-state index is 12.9. The maximum absolute atomic E-state index is 12.9. The van der Waals surface area contributed by atoms with Gasteiger partial charge in [-0.1, -0.05) is 47.6 Å². The summed E-state index contributed by atoms with van der Waals surface area (Å²) in [6.07, 6.45) is 6.17. The van der Waals surface area contributed by atoms with Crippen LogP contribution in [0.5, 0.6) is 5.75 Å². The molecule has 1 atom stereocenters. The zero-order chi connectivity index (χ0) is 21.8. The summed E-state index contributed by atoms with van der Waals surface area (Å²) in [7, 11) is 0. The molecule has 0 radical (unpaired) electrons. The van der Waals surface area contributed by atoms with Crippen LogP contribution in [0.15, 0.2) is 71.6 Å². The average molecular weight is 429 g/mol. The zero-order valence-electron chi connectivity index (χ0n) is 17.5. The highest BCUT2D eigenvalue weighted by molar-refractivity contribution is 5.78. The highest BCUT2D eigenvalue weighted by Crippen LogP contribution is 2.31. The summed E-state index contributed by atoms with van der Waals surface area (Å²) in [5.41, 5.74) is 2.82. The number of para-hydroxylation sites is 1. The smallest absolute Gasteiger partial charge is 0.261 e. The molecule has 0 aliphatic carbocycles. The molecule has 32 heavy (non-hydrogen) atoms. The predicted molar refractivity (Wildman–Crippen MR) is 118 cm³/mol. The Morgan fingerprint density at radius 1 is 1.09 bits per heavy atom. The first-order chi connectivity index (χ1) is 15.8. The van der Waals surface area contributed by atoms with Crippen LogP contribution in [0.3, 0.4) is 0 Å². The molecule has 8 nitrogen and oxygen atoms in total. The van der Waals surface area contributed by atoms with Crippen LogP contribution < -0.4 is 4.74 Å². The lowest BCUT2D eigenvalue weighted by Crippen LogP contribution is -2.41. The molecule has 2 aromatic carbocycles. The van der Waals surface area contributed by atoms with E-state index in [2.05, 4.69) is 20.1 Å². The van der Waals surface area contributed by atoms with Crippen molar-refractivity contribution in [3.05, 3.63) is 73.0 Å². The van der Waals surface area contributed by atoms with Gasteiger partial charge in [0, 0.05) is 12.1 Å². The SMILES string of the molecule is O=C(COc1ccccc1)N1CCCCC1c1nc(-c2ccc(-c3cnc[nH]3)cc2)no1. The van der Waals surface area contributed by atoms with Gasteiger partial charge >= 0.3 is 0 Å². The van der Waals surface area contributed by atoms with Crippen LogP contribution >= 0.6 is 0 Å². The molecule has 5 rings (SSSR count). The molecule has 8 heteroatoms.